The van der Waals surface area contributed by atoms with Crippen molar-refractivity contribution in [1.82, 2.24) is 14.7 Å². The van der Waals surface area contributed by atoms with Crippen LogP contribution in [-0.2, 0) is 11.3 Å². The van der Waals surface area contributed by atoms with Crippen molar-refractivity contribution < 1.29 is 9.69 Å². The molecule has 118 valence electrons. The molecule has 0 saturated carbocycles. The number of hydrogen-bond donors (Lipinski definition) is 2. The van der Waals surface area contributed by atoms with Crippen LogP contribution in [0.15, 0.2) is 29.2 Å². The predicted molar refractivity (Wildman–Crippen MR) is 85.0 cm³/mol. The van der Waals surface area contributed by atoms with Gasteiger partial charge in [0, 0.05) is 18.8 Å². The van der Waals surface area contributed by atoms with Crippen LogP contribution in [0.25, 0.3) is 5.65 Å². The maximum atomic E-state index is 12.1. The standard InChI is InChI=1S/C16H22N4O2/c1-4-7-17-15(21)11-19(3)10-13-8-16(22)20-9-12(2)5-6-14(20)18-13/h5-6,8-9H,4,7,10-11H2,1-3H3,(H,17,21)/p+1. The summed E-state index contributed by atoms with van der Waals surface area (Å²) in [6.07, 6.45) is 2.70. The van der Waals surface area contributed by atoms with Crippen molar-refractivity contribution in [1.29, 1.82) is 0 Å². The number of hydrogen-bond acceptors (Lipinski definition) is 3. The highest BCUT2D eigenvalue weighted by Gasteiger charge is 2.12. The summed E-state index contributed by atoms with van der Waals surface area (Å²) in [6.45, 7) is 5.56. The summed E-state index contributed by atoms with van der Waals surface area (Å²) in [5, 5.41) is 2.85. The molecule has 0 aliphatic rings. The molecule has 2 heterocycles. The fourth-order valence-electron chi connectivity index (χ4n) is 2.32. The molecular weight excluding hydrogens is 280 g/mol. The molecule has 0 fully saturated rings. The van der Waals surface area contributed by atoms with Gasteiger partial charge in [0.2, 0.25) is 0 Å². The molecule has 1 unspecified atom stereocenters. The molecular formula is C16H23N4O2+. The Balaban J connectivity index is 2.10. The van der Waals surface area contributed by atoms with Crippen LogP contribution in [0.2, 0.25) is 0 Å². The molecule has 0 aliphatic heterocycles. The molecule has 2 aromatic heterocycles. The number of quaternary nitrogens is 1. The van der Waals surface area contributed by atoms with Crippen LogP contribution in [0, 0.1) is 6.92 Å². The summed E-state index contributed by atoms with van der Waals surface area (Å²) in [7, 11) is 1.92. The number of carbonyl (C=O) groups excluding carboxylic acids is 1. The Morgan fingerprint density at radius 2 is 2.18 bits per heavy atom. The highest BCUT2D eigenvalue weighted by molar-refractivity contribution is 5.76. The average molecular weight is 303 g/mol. The topological polar surface area (TPSA) is 67.9 Å². The van der Waals surface area contributed by atoms with Gasteiger partial charge in [-0.15, -0.1) is 0 Å². The number of nitrogens with zero attached hydrogens (tertiary/aromatic N) is 2. The van der Waals surface area contributed by atoms with Gasteiger partial charge in [-0.1, -0.05) is 13.0 Å². The van der Waals surface area contributed by atoms with Gasteiger partial charge in [0.05, 0.1) is 7.05 Å². The lowest BCUT2D eigenvalue weighted by atomic mass is 10.3. The second-order valence-electron chi connectivity index (χ2n) is 5.68. The molecule has 0 radical (unpaired) electrons. The number of amides is 1. The Labute approximate surface area is 129 Å². The molecule has 0 spiro atoms. The number of fused-ring (bicyclic) bond motifs is 1. The number of rotatable bonds is 6. The van der Waals surface area contributed by atoms with E-state index in [9.17, 15) is 9.59 Å². The van der Waals surface area contributed by atoms with Gasteiger partial charge in [-0.05, 0) is 25.0 Å². The molecule has 1 amide bonds. The van der Waals surface area contributed by atoms with E-state index in [4.69, 9.17) is 0 Å². The molecule has 22 heavy (non-hydrogen) atoms. The van der Waals surface area contributed by atoms with Gasteiger partial charge in [-0.3, -0.25) is 14.0 Å². The average Bonchev–Trinajstić information content (AvgIpc) is 2.46. The van der Waals surface area contributed by atoms with Crippen molar-refractivity contribution in [3.05, 3.63) is 46.0 Å². The third kappa shape index (κ3) is 4.14. The quantitative estimate of drug-likeness (QED) is 0.759. The minimum Gasteiger partial charge on any atom is -0.351 e. The molecule has 6 heteroatoms. The molecule has 2 aromatic rings. The van der Waals surface area contributed by atoms with Crippen molar-refractivity contribution >= 4 is 11.6 Å². The smallest absolute Gasteiger partial charge is 0.275 e. The first-order valence-corrected chi connectivity index (χ1v) is 7.56. The molecule has 1 atom stereocenters. The first kappa shape index (κ1) is 16.2. The summed E-state index contributed by atoms with van der Waals surface area (Å²) in [6, 6.07) is 5.31. The van der Waals surface area contributed by atoms with E-state index < -0.39 is 0 Å². The SMILES string of the molecule is CCCNC(=O)C[NH+](C)Cc1cc(=O)n2cc(C)ccc2n1. The molecule has 0 saturated heterocycles. The lowest BCUT2D eigenvalue weighted by molar-refractivity contribution is -0.885. The van der Waals surface area contributed by atoms with Gasteiger partial charge < -0.3 is 10.2 Å². The van der Waals surface area contributed by atoms with E-state index in [1.165, 1.54) is 0 Å². The van der Waals surface area contributed by atoms with Crippen molar-refractivity contribution in [3.8, 4) is 0 Å². The number of aromatic nitrogens is 2. The first-order chi connectivity index (χ1) is 10.5. The molecule has 0 aliphatic carbocycles. The van der Waals surface area contributed by atoms with E-state index in [1.54, 1.807) is 16.7 Å². The molecule has 2 N–H and O–H groups in total. The first-order valence-electron chi connectivity index (χ1n) is 7.56. The zero-order valence-corrected chi connectivity index (χ0v) is 13.3. The monoisotopic (exact) mass is 303 g/mol. The Morgan fingerprint density at radius 3 is 2.91 bits per heavy atom. The van der Waals surface area contributed by atoms with Gasteiger partial charge in [0.15, 0.2) is 6.54 Å². The molecule has 0 bridgehead atoms. The third-order valence-electron chi connectivity index (χ3n) is 3.38. The molecule has 6 nitrogen and oxygen atoms in total. The largest absolute Gasteiger partial charge is 0.351 e. The maximum Gasteiger partial charge on any atom is 0.275 e. The van der Waals surface area contributed by atoms with Crippen molar-refractivity contribution in [2.24, 2.45) is 0 Å². The Hall–Kier alpha value is -2.21. The number of aryl methyl sites for hydroxylation is 1. The van der Waals surface area contributed by atoms with Crippen molar-refractivity contribution in [3.63, 3.8) is 0 Å². The fraction of sp³-hybridized carbons (Fsp3) is 0.438. The van der Waals surface area contributed by atoms with Gasteiger partial charge in [0.25, 0.3) is 11.5 Å². The van der Waals surface area contributed by atoms with E-state index in [-0.39, 0.29) is 11.5 Å². The molecule has 2 rings (SSSR count). The Morgan fingerprint density at radius 1 is 1.41 bits per heavy atom. The number of likely N-dealkylation sites (N-methyl/N-ethyl adjacent to an activating group) is 1. The highest BCUT2D eigenvalue weighted by atomic mass is 16.2. The normalized spacial score (nSPS) is 12.3. The van der Waals surface area contributed by atoms with E-state index in [0.29, 0.717) is 31.0 Å². The summed E-state index contributed by atoms with van der Waals surface area (Å²) < 4.78 is 1.54. The second kappa shape index (κ2) is 7.17. The van der Waals surface area contributed by atoms with Crippen LogP contribution in [-0.4, -0.2) is 35.4 Å². The van der Waals surface area contributed by atoms with E-state index in [0.717, 1.165) is 16.9 Å². The van der Waals surface area contributed by atoms with Gasteiger partial charge in [-0.2, -0.15) is 0 Å². The van der Waals surface area contributed by atoms with Crippen molar-refractivity contribution in [2.75, 3.05) is 20.1 Å². The minimum absolute atomic E-state index is 0.0208. The number of carbonyl (C=O) groups is 1. The summed E-state index contributed by atoms with van der Waals surface area (Å²) in [5.41, 5.74) is 2.26. The van der Waals surface area contributed by atoms with Crippen LogP contribution >= 0.6 is 0 Å². The van der Waals surface area contributed by atoms with Gasteiger partial charge in [0.1, 0.15) is 17.9 Å². The zero-order valence-electron chi connectivity index (χ0n) is 13.3. The van der Waals surface area contributed by atoms with Crippen LogP contribution in [0.3, 0.4) is 0 Å². The van der Waals surface area contributed by atoms with Crippen LogP contribution < -0.4 is 15.8 Å². The van der Waals surface area contributed by atoms with E-state index in [2.05, 4.69) is 10.3 Å². The summed E-state index contributed by atoms with van der Waals surface area (Å²) in [4.78, 5) is 29.3. The molecule has 0 aromatic carbocycles. The van der Waals surface area contributed by atoms with Crippen molar-refractivity contribution in [2.45, 2.75) is 26.8 Å². The van der Waals surface area contributed by atoms with Crippen LogP contribution in [0.5, 0.6) is 0 Å². The number of pyridine rings is 1. The van der Waals surface area contributed by atoms with Crippen LogP contribution in [0.1, 0.15) is 24.6 Å². The Kier molecular flexibility index (Phi) is 5.27. The lowest BCUT2D eigenvalue weighted by Gasteiger charge is -2.13. The number of nitrogens with one attached hydrogen (secondary N) is 2. The third-order valence-corrected chi connectivity index (χ3v) is 3.38. The minimum atomic E-state index is -0.0908. The highest BCUT2D eigenvalue weighted by Crippen LogP contribution is 2.01. The van der Waals surface area contributed by atoms with Crippen LogP contribution in [0.4, 0.5) is 0 Å². The van der Waals surface area contributed by atoms with Gasteiger partial charge in [-0.25, -0.2) is 4.98 Å². The predicted octanol–water partition coefficient (Wildman–Crippen LogP) is -0.456. The lowest BCUT2D eigenvalue weighted by Crippen LogP contribution is -3.09. The summed E-state index contributed by atoms with van der Waals surface area (Å²) >= 11 is 0. The van der Waals surface area contributed by atoms with E-state index in [1.807, 2.05) is 33.0 Å². The maximum absolute atomic E-state index is 12.1. The summed E-state index contributed by atoms with van der Waals surface area (Å²) in [5.74, 6) is 0.0208. The Bertz CT molecular complexity index is 724. The zero-order chi connectivity index (χ0) is 16.1. The fourth-order valence-corrected chi connectivity index (χ4v) is 2.32. The van der Waals surface area contributed by atoms with E-state index >= 15 is 0 Å². The second-order valence-corrected chi connectivity index (χ2v) is 5.68. The van der Waals surface area contributed by atoms with Gasteiger partial charge >= 0.3 is 0 Å².